The van der Waals surface area contributed by atoms with Gasteiger partial charge in [-0.05, 0) is 63.2 Å². The van der Waals surface area contributed by atoms with Gasteiger partial charge in [0.1, 0.15) is 0 Å². The van der Waals surface area contributed by atoms with E-state index in [1.807, 2.05) is 13.8 Å². The van der Waals surface area contributed by atoms with Crippen LogP contribution >= 0.6 is 12.4 Å². The van der Waals surface area contributed by atoms with Crippen molar-refractivity contribution in [3.63, 3.8) is 0 Å². The van der Waals surface area contributed by atoms with Crippen LogP contribution in [-0.4, -0.2) is 25.5 Å². The average Bonchev–Trinajstić information content (AvgIpc) is 3.00. The van der Waals surface area contributed by atoms with E-state index in [0.29, 0.717) is 0 Å². The lowest BCUT2D eigenvalue weighted by molar-refractivity contribution is -0.125. The third kappa shape index (κ3) is 4.72. The van der Waals surface area contributed by atoms with Crippen LogP contribution < -0.4 is 10.6 Å². The van der Waals surface area contributed by atoms with Gasteiger partial charge in [0.05, 0.1) is 5.41 Å². The van der Waals surface area contributed by atoms with Crippen LogP contribution in [0.5, 0.6) is 0 Å². The summed E-state index contributed by atoms with van der Waals surface area (Å²) in [6, 6.07) is 8.40. The zero-order chi connectivity index (χ0) is 15.3. The molecule has 1 fully saturated rings. The van der Waals surface area contributed by atoms with Gasteiger partial charge < -0.3 is 10.6 Å². The van der Waals surface area contributed by atoms with E-state index in [-0.39, 0.29) is 18.3 Å². The van der Waals surface area contributed by atoms with E-state index in [0.717, 1.165) is 44.0 Å². The third-order valence-electron chi connectivity index (χ3n) is 4.65. The number of carbonyl (C=O) groups is 1. The number of hydrogen-bond donors (Lipinski definition) is 2. The van der Waals surface area contributed by atoms with Crippen LogP contribution in [0.25, 0.3) is 0 Å². The van der Waals surface area contributed by atoms with Crippen molar-refractivity contribution in [2.75, 3.05) is 19.6 Å². The first-order valence-electron chi connectivity index (χ1n) is 8.12. The van der Waals surface area contributed by atoms with E-state index >= 15 is 0 Å². The van der Waals surface area contributed by atoms with Crippen molar-refractivity contribution in [3.05, 3.63) is 35.4 Å². The number of benzene rings is 1. The molecule has 0 bridgehead atoms. The molecule has 1 atom stereocenters. The summed E-state index contributed by atoms with van der Waals surface area (Å²) >= 11 is 0. The van der Waals surface area contributed by atoms with E-state index < -0.39 is 5.41 Å². The number of hydrogen-bond acceptors (Lipinski definition) is 2. The molecular formula is C18H29ClN2O. The van der Waals surface area contributed by atoms with Crippen molar-refractivity contribution in [2.45, 2.75) is 45.4 Å². The number of halogens is 1. The van der Waals surface area contributed by atoms with Gasteiger partial charge in [-0.1, -0.05) is 31.2 Å². The Morgan fingerprint density at radius 2 is 2.00 bits per heavy atom. The minimum Gasteiger partial charge on any atom is -0.355 e. The first-order chi connectivity index (χ1) is 10.0. The van der Waals surface area contributed by atoms with Crippen LogP contribution in [0.2, 0.25) is 0 Å². The number of aryl methyl sites for hydroxylation is 1. The number of rotatable bonds is 6. The SMILES string of the molecule is CCc1ccc(C(C)(C)C(=O)NCCC2CCNC2)cc1.Cl. The average molecular weight is 325 g/mol. The van der Waals surface area contributed by atoms with Crippen LogP contribution in [0.4, 0.5) is 0 Å². The molecule has 3 nitrogen and oxygen atoms in total. The maximum atomic E-state index is 12.5. The first kappa shape index (κ1) is 19.0. The van der Waals surface area contributed by atoms with Gasteiger partial charge in [0.2, 0.25) is 5.91 Å². The molecule has 0 aliphatic carbocycles. The number of carbonyl (C=O) groups excluding carboxylic acids is 1. The molecule has 1 aliphatic rings. The highest BCUT2D eigenvalue weighted by Crippen LogP contribution is 2.24. The highest BCUT2D eigenvalue weighted by Gasteiger charge is 2.29. The zero-order valence-corrected chi connectivity index (χ0v) is 14.8. The van der Waals surface area contributed by atoms with Crippen molar-refractivity contribution in [3.8, 4) is 0 Å². The molecule has 1 unspecified atom stereocenters. The minimum absolute atomic E-state index is 0. The summed E-state index contributed by atoms with van der Waals surface area (Å²) < 4.78 is 0. The number of nitrogens with one attached hydrogen (secondary N) is 2. The highest BCUT2D eigenvalue weighted by molar-refractivity contribution is 5.87. The van der Waals surface area contributed by atoms with Crippen LogP contribution in [0.3, 0.4) is 0 Å². The predicted octanol–water partition coefficient (Wildman–Crippen LogP) is 3.06. The molecule has 1 aromatic rings. The van der Waals surface area contributed by atoms with Crippen LogP contribution in [0.15, 0.2) is 24.3 Å². The Kier molecular flexibility index (Phi) is 7.37. The molecule has 1 amide bonds. The Hall–Kier alpha value is -1.06. The third-order valence-corrected chi connectivity index (χ3v) is 4.65. The van der Waals surface area contributed by atoms with E-state index in [1.54, 1.807) is 0 Å². The molecule has 0 spiro atoms. The van der Waals surface area contributed by atoms with Crippen LogP contribution in [-0.2, 0) is 16.6 Å². The van der Waals surface area contributed by atoms with Crippen molar-refractivity contribution in [1.82, 2.24) is 10.6 Å². The summed E-state index contributed by atoms with van der Waals surface area (Å²) in [4.78, 5) is 12.5. The zero-order valence-electron chi connectivity index (χ0n) is 13.9. The summed E-state index contributed by atoms with van der Waals surface area (Å²) in [5.41, 5.74) is 1.92. The second-order valence-corrected chi connectivity index (χ2v) is 6.58. The minimum atomic E-state index is -0.472. The van der Waals surface area contributed by atoms with Gasteiger partial charge in [-0.3, -0.25) is 4.79 Å². The van der Waals surface area contributed by atoms with Gasteiger partial charge in [-0.25, -0.2) is 0 Å². The summed E-state index contributed by atoms with van der Waals surface area (Å²) in [6.07, 6.45) is 3.34. The molecular weight excluding hydrogens is 296 g/mol. The molecule has 1 heterocycles. The lowest BCUT2D eigenvalue weighted by atomic mass is 9.83. The smallest absolute Gasteiger partial charge is 0.230 e. The van der Waals surface area contributed by atoms with Gasteiger partial charge in [0.25, 0.3) is 0 Å². The maximum Gasteiger partial charge on any atom is 0.230 e. The second-order valence-electron chi connectivity index (χ2n) is 6.58. The van der Waals surface area contributed by atoms with Crippen molar-refractivity contribution in [2.24, 2.45) is 5.92 Å². The van der Waals surface area contributed by atoms with E-state index in [1.165, 1.54) is 12.0 Å². The summed E-state index contributed by atoms with van der Waals surface area (Å²) in [6.45, 7) is 9.14. The van der Waals surface area contributed by atoms with E-state index in [9.17, 15) is 4.79 Å². The fourth-order valence-corrected chi connectivity index (χ4v) is 2.86. The fourth-order valence-electron chi connectivity index (χ4n) is 2.86. The molecule has 1 aromatic carbocycles. The Morgan fingerprint density at radius 1 is 1.32 bits per heavy atom. The normalized spacial score (nSPS) is 17.9. The van der Waals surface area contributed by atoms with Crippen molar-refractivity contribution < 1.29 is 4.79 Å². The molecule has 1 aliphatic heterocycles. The quantitative estimate of drug-likeness (QED) is 0.844. The first-order valence-corrected chi connectivity index (χ1v) is 8.12. The van der Waals surface area contributed by atoms with Crippen LogP contribution in [0, 0.1) is 5.92 Å². The van der Waals surface area contributed by atoms with Gasteiger partial charge in [0.15, 0.2) is 0 Å². The van der Waals surface area contributed by atoms with Gasteiger partial charge in [0, 0.05) is 6.54 Å². The molecule has 124 valence electrons. The fraction of sp³-hybridized carbons (Fsp3) is 0.611. The Bertz CT molecular complexity index is 464. The Labute approximate surface area is 140 Å². The largest absolute Gasteiger partial charge is 0.355 e. The molecule has 22 heavy (non-hydrogen) atoms. The molecule has 0 radical (unpaired) electrons. The van der Waals surface area contributed by atoms with Crippen molar-refractivity contribution in [1.29, 1.82) is 0 Å². The summed E-state index contributed by atoms with van der Waals surface area (Å²) in [7, 11) is 0. The van der Waals surface area contributed by atoms with E-state index in [4.69, 9.17) is 0 Å². The molecule has 2 rings (SSSR count). The molecule has 0 aromatic heterocycles. The Balaban J connectivity index is 0.00000242. The standard InChI is InChI=1S/C18H28N2O.ClH/c1-4-14-5-7-16(8-6-14)18(2,3)17(21)20-12-10-15-9-11-19-13-15;/h5-8,15,19H,4,9-13H2,1-3H3,(H,20,21);1H. The lowest BCUT2D eigenvalue weighted by Gasteiger charge is -2.25. The molecule has 2 N–H and O–H groups in total. The number of amides is 1. The predicted molar refractivity (Wildman–Crippen MR) is 94.7 cm³/mol. The van der Waals surface area contributed by atoms with E-state index in [2.05, 4.69) is 41.8 Å². The maximum absolute atomic E-state index is 12.5. The topological polar surface area (TPSA) is 41.1 Å². The molecule has 0 saturated carbocycles. The van der Waals surface area contributed by atoms with Gasteiger partial charge >= 0.3 is 0 Å². The second kappa shape index (κ2) is 8.54. The van der Waals surface area contributed by atoms with Crippen molar-refractivity contribution >= 4 is 18.3 Å². The molecule has 1 saturated heterocycles. The lowest BCUT2D eigenvalue weighted by Crippen LogP contribution is -2.40. The van der Waals surface area contributed by atoms with Gasteiger partial charge in [-0.2, -0.15) is 0 Å². The summed E-state index contributed by atoms with van der Waals surface area (Å²) in [5.74, 6) is 0.843. The molecule has 4 heteroatoms. The van der Waals surface area contributed by atoms with Gasteiger partial charge in [-0.15, -0.1) is 12.4 Å². The Morgan fingerprint density at radius 3 is 2.55 bits per heavy atom. The summed E-state index contributed by atoms with van der Waals surface area (Å²) in [5, 5.41) is 6.47. The monoisotopic (exact) mass is 324 g/mol. The highest BCUT2D eigenvalue weighted by atomic mass is 35.5. The van der Waals surface area contributed by atoms with Crippen LogP contribution in [0.1, 0.15) is 44.7 Å².